The molecule has 130 valence electrons. The number of nitrogens with zero attached hydrogens (tertiary/aromatic N) is 1. The summed E-state index contributed by atoms with van der Waals surface area (Å²) in [6, 6.07) is 14.4. The average Bonchev–Trinajstić information content (AvgIpc) is 2.63. The van der Waals surface area contributed by atoms with Crippen molar-refractivity contribution in [2.24, 2.45) is 0 Å². The van der Waals surface area contributed by atoms with Gasteiger partial charge in [0.05, 0.1) is 5.56 Å². The van der Waals surface area contributed by atoms with Gasteiger partial charge in [-0.1, -0.05) is 35.0 Å². The van der Waals surface area contributed by atoms with Crippen molar-refractivity contribution in [3.63, 3.8) is 0 Å². The fraction of sp³-hybridized carbons (Fsp3) is 0.222. The van der Waals surface area contributed by atoms with E-state index in [1.54, 1.807) is 24.3 Å². The Balaban J connectivity index is 1.65. The lowest BCUT2D eigenvalue weighted by atomic mass is 10.1. The number of benzene rings is 2. The van der Waals surface area contributed by atoms with E-state index in [-0.39, 0.29) is 18.7 Å². The van der Waals surface area contributed by atoms with Crippen LogP contribution >= 0.6 is 15.9 Å². The molecule has 25 heavy (non-hydrogen) atoms. The molecule has 0 aliphatic carbocycles. The average molecular weight is 404 g/mol. The van der Waals surface area contributed by atoms with Gasteiger partial charge in [0.1, 0.15) is 11.9 Å². The topological polar surface area (TPSA) is 70.7 Å². The number of rotatable bonds is 5. The van der Waals surface area contributed by atoms with Gasteiger partial charge in [-0.2, -0.15) is 0 Å². The summed E-state index contributed by atoms with van der Waals surface area (Å²) in [5, 5.41) is 4.59. The molecule has 7 heteroatoms. The molecule has 0 radical (unpaired) electrons. The van der Waals surface area contributed by atoms with Gasteiger partial charge in [-0.3, -0.25) is 15.0 Å². The highest BCUT2D eigenvalue weighted by molar-refractivity contribution is 9.10. The highest BCUT2D eigenvalue weighted by Gasteiger charge is 2.32. The molecule has 1 atom stereocenters. The van der Waals surface area contributed by atoms with Crippen LogP contribution in [0.5, 0.6) is 5.75 Å². The molecule has 3 rings (SSSR count). The van der Waals surface area contributed by atoms with E-state index < -0.39 is 5.91 Å². The minimum Gasteiger partial charge on any atom is -0.484 e. The zero-order chi connectivity index (χ0) is 17.8. The SMILES string of the molecule is CCC1Nc2ccccc2C(=O)N1NC(=O)COc1ccc(Br)cc1. The molecule has 2 aromatic rings. The fourth-order valence-corrected chi connectivity index (χ4v) is 2.83. The van der Waals surface area contributed by atoms with Gasteiger partial charge in [0, 0.05) is 10.2 Å². The first-order valence-corrected chi connectivity index (χ1v) is 8.74. The summed E-state index contributed by atoms with van der Waals surface area (Å²) < 4.78 is 6.38. The maximum Gasteiger partial charge on any atom is 0.276 e. The third-order valence-corrected chi connectivity index (χ3v) is 4.35. The van der Waals surface area contributed by atoms with Crippen molar-refractivity contribution in [3.05, 3.63) is 58.6 Å². The number of hydrazine groups is 1. The fourth-order valence-electron chi connectivity index (χ4n) is 2.57. The summed E-state index contributed by atoms with van der Waals surface area (Å²) in [6.07, 6.45) is 0.340. The molecule has 2 amide bonds. The molecule has 0 saturated carbocycles. The maximum atomic E-state index is 12.7. The Bertz CT molecular complexity index is 779. The molecule has 0 saturated heterocycles. The van der Waals surface area contributed by atoms with Crippen LogP contribution in [0.3, 0.4) is 0 Å². The van der Waals surface area contributed by atoms with E-state index in [2.05, 4.69) is 26.7 Å². The first kappa shape index (κ1) is 17.3. The van der Waals surface area contributed by atoms with Crippen LogP contribution in [0.25, 0.3) is 0 Å². The molecular weight excluding hydrogens is 386 g/mol. The van der Waals surface area contributed by atoms with Crippen LogP contribution in [0, 0.1) is 0 Å². The van der Waals surface area contributed by atoms with Crippen LogP contribution in [0.2, 0.25) is 0 Å². The number of hydrogen-bond acceptors (Lipinski definition) is 4. The van der Waals surface area contributed by atoms with Crippen LogP contribution in [-0.4, -0.2) is 29.6 Å². The molecule has 0 spiro atoms. The number of amides is 2. The summed E-state index contributed by atoms with van der Waals surface area (Å²) in [4.78, 5) is 24.9. The van der Waals surface area contributed by atoms with Crippen molar-refractivity contribution in [1.82, 2.24) is 10.4 Å². The second-order valence-electron chi connectivity index (χ2n) is 5.57. The van der Waals surface area contributed by atoms with Crippen molar-refractivity contribution in [2.75, 3.05) is 11.9 Å². The van der Waals surface area contributed by atoms with Crippen molar-refractivity contribution < 1.29 is 14.3 Å². The van der Waals surface area contributed by atoms with E-state index in [0.717, 1.165) is 10.2 Å². The number of carbonyl (C=O) groups is 2. The molecule has 0 fully saturated rings. The summed E-state index contributed by atoms with van der Waals surface area (Å²) in [5.41, 5.74) is 3.94. The largest absolute Gasteiger partial charge is 0.484 e. The Morgan fingerprint density at radius 3 is 2.68 bits per heavy atom. The Morgan fingerprint density at radius 1 is 1.24 bits per heavy atom. The summed E-state index contributed by atoms with van der Waals surface area (Å²) >= 11 is 3.34. The second kappa shape index (κ2) is 7.57. The number of anilines is 1. The van der Waals surface area contributed by atoms with Crippen LogP contribution in [0.15, 0.2) is 53.0 Å². The van der Waals surface area contributed by atoms with Crippen LogP contribution in [0.4, 0.5) is 5.69 Å². The van der Waals surface area contributed by atoms with Gasteiger partial charge in [-0.15, -0.1) is 0 Å². The normalized spacial score (nSPS) is 16.0. The molecular formula is C18H18BrN3O3. The van der Waals surface area contributed by atoms with Gasteiger partial charge in [0.2, 0.25) is 0 Å². The van der Waals surface area contributed by atoms with Crippen molar-refractivity contribution >= 4 is 33.4 Å². The smallest absolute Gasteiger partial charge is 0.276 e. The third kappa shape index (κ3) is 3.93. The van der Waals surface area contributed by atoms with Crippen LogP contribution in [-0.2, 0) is 4.79 Å². The second-order valence-corrected chi connectivity index (χ2v) is 6.48. The monoisotopic (exact) mass is 403 g/mol. The molecule has 2 aromatic carbocycles. The van der Waals surface area contributed by atoms with Crippen molar-refractivity contribution in [3.8, 4) is 5.75 Å². The Morgan fingerprint density at radius 2 is 1.96 bits per heavy atom. The van der Waals surface area contributed by atoms with Crippen LogP contribution in [0.1, 0.15) is 23.7 Å². The number of halogens is 1. The lowest BCUT2D eigenvalue weighted by Gasteiger charge is -2.37. The van der Waals surface area contributed by atoms with Crippen LogP contribution < -0.4 is 15.5 Å². The highest BCUT2D eigenvalue weighted by Crippen LogP contribution is 2.25. The molecule has 2 N–H and O–H groups in total. The van der Waals surface area contributed by atoms with E-state index in [4.69, 9.17) is 4.74 Å². The number of nitrogens with one attached hydrogen (secondary N) is 2. The molecule has 0 aromatic heterocycles. The van der Waals surface area contributed by atoms with Gasteiger partial charge in [0.15, 0.2) is 6.61 Å². The Kier molecular flexibility index (Phi) is 5.23. The number of ether oxygens (including phenoxy) is 1. The molecule has 1 unspecified atom stereocenters. The summed E-state index contributed by atoms with van der Waals surface area (Å²) in [5.74, 6) is -0.0482. The lowest BCUT2D eigenvalue weighted by Crippen LogP contribution is -2.57. The van der Waals surface area contributed by atoms with E-state index in [1.165, 1.54) is 5.01 Å². The van der Waals surface area contributed by atoms with E-state index >= 15 is 0 Å². The zero-order valence-electron chi connectivity index (χ0n) is 13.7. The maximum absolute atomic E-state index is 12.7. The predicted molar refractivity (Wildman–Crippen MR) is 98.1 cm³/mol. The minimum atomic E-state index is -0.393. The van der Waals surface area contributed by atoms with Gasteiger partial charge < -0.3 is 10.1 Å². The predicted octanol–water partition coefficient (Wildman–Crippen LogP) is 3.16. The van der Waals surface area contributed by atoms with Gasteiger partial charge >= 0.3 is 0 Å². The van der Waals surface area contributed by atoms with Gasteiger partial charge in [-0.05, 0) is 42.8 Å². The number of para-hydroxylation sites is 1. The highest BCUT2D eigenvalue weighted by atomic mass is 79.9. The van der Waals surface area contributed by atoms with Gasteiger partial charge in [-0.25, -0.2) is 5.01 Å². The number of carbonyl (C=O) groups excluding carboxylic acids is 2. The molecule has 1 heterocycles. The zero-order valence-corrected chi connectivity index (χ0v) is 15.2. The van der Waals surface area contributed by atoms with E-state index in [1.807, 2.05) is 31.2 Å². The summed E-state index contributed by atoms with van der Waals surface area (Å²) in [7, 11) is 0. The Hall–Kier alpha value is -2.54. The standard InChI is InChI=1S/C18H18BrN3O3/c1-2-16-20-15-6-4-3-5-14(15)18(24)22(16)21-17(23)11-25-13-9-7-12(19)8-10-13/h3-10,16,20H,2,11H2,1H3,(H,21,23). The first-order chi connectivity index (χ1) is 12.1. The van der Waals surface area contributed by atoms with E-state index in [0.29, 0.717) is 17.7 Å². The van der Waals surface area contributed by atoms with Gasteiger partial charge in [0.25, 0.3) is 11.8 Å². The molecule has 0 bridgehead atoms. The van der Waals surface area contributed by atoms with Crippen molar-refractivity contribution in [1.29, 1.82) is 0 Å². The summed E-state index contributed by atoms with van der Waals surface area (Å²) in [6.45, 7) is 1.76. The number of hydrogen-bond donors (Lipinski definition) is 2. The third-order valence-electron chi connectivity index (χ3n) is 3.83. The molecule has 6 nitrogen and oxygen atoms in total. The number of fused-ring (bicyclic) bond motifs is 1. The minimum absolute atomic E-state index is 0.177. The Labute approximate surface area is 154 Å². The van der Waals surface area contributed by atoms with E-state index in [9.17, 15) is 9.59 Å². The molecule has 1 aliphatic heterocycles. The van der Waals surface area contributed by atoms with Crippen molar-refractivity contribution in [2.45, 2.75) is 19.5 Å². The lowest BCUT2D eigenvalue weighted by molar-refractivity contribution is -0.127. The quantitative estimate of drug-likeness (QED) is 0.804. The molecule has 1 aliphatic rings. The first-order valence-electron chi connectivity index (χ1n) is 7.95.